The number of nitrogens with zero attached hydrogens (tertiary/aromatic N) is 2. The fourth-order valence-electron chi connectivity index (χ4n) is 2.21. The quantitative estimate of drug-likeness (QED) is 0.613. The number of hydrogen-bond donors (Lipinski definition) is 0. The average molecular weight is 300 g/mol. The highest BCUT2D eigenvalue weighted by molar-refractivity contribution is 7.90. The van der Waals surface area contributed by atoms with Crippen LogP contribution in [0.4, 0.5) is 11.4 Å². The van der Waals surface area contributed by atoms with Crippen molar-refractivity contribution in [2.45, 2.75) is 17.4 Å². The van der Waals surface area contributed by atoms with E-state index < -0.39 is 14.8 Å². The fraction of sp³-hybridized carbons (Fsp3) is 0.500. The van der Waals surface area contributed by atoms with Crippen LogP contribution in [0.5, 0.6) is 0 Å². The van der Waals surface area contributed by atoms with Crippen molar-refractivity contribution in [1.29, 1.82) is 0 Å². The first-order valence-electron chi connectivity index (χ1n) is 5.95. The number of sulfone groups is 1. The van der Waals surface area contributed by atoms with Crippen molar-refractivity contribution in [3.8, 4) is 0 Å². The number of benzene rings is 1. The zero-order chi connectivity index (χ0) is 15.1. The number of hydrogen-bond acceptors (Lipinski definition) is 6. The molecular weight excluding hydrogens is 284 g/mol. The van der Waals surface area contributed by atoms with Crippen LogP contribution in [0.15, 0.2) is 23.1 Å². The Morgan fingerprint density at radius 2 is 2.00 bits per heavy atom. The first-order chi connectivity index (χ1) is 9.16. The van der Waals surface area contributed by atoms with Crippen molar-refractivity contribution in [1.82, 2.24) is 0 Å². The molecule has 1 aliphatic rings. The van der Waals surface area contributed by atoms with Crippen LogP contribution in [-0.4, -0.2) is 45.4 Å². The van der Waals surface area contributed by atoms with Crippen LogP contribution in [0, 0.1) is 10.1 Å². The van der Waals surface area contributed by atoms with E-state index in [1.165, 1.54) is 12.1 Å². The third kappa shape index (κ3) is 2.61. The summed E-state index contributed by atoms with van der Waals surface area (Å²) in [4.78, 5) is 12.3. The number of methoxy groups -OCH3 is 1. The molecule has 0 aliphatic carbocycles. The van der Waals surface area contributed by atoms with Gasteiger partial charge in [0.05, 0.1) is 15.4 Å². The van der Waals surface area contributed by atoms with E-state index >= 15 is 0 Å². The third-order valence-corrected chi connectivity index (χ3v) is 4.57. The van der Waals surface area contributed by atoms with Crippen LogP contribution in [0.25, 0.3) is 0 Å². The Hall–Kier alpha value is -1.67. The van der Waals surface area contributed by atoms with Gasteiger partial charge in [0.1, 0.15) is 5.69 Å². The molecule has 0 aromatic heterocycles. The van der Waals surface area contributed by atoms with Crippen LogP contribution in [0.3, 0.4) is 0 Å². The summed E-state index contributed by atoms with van der Waals surface area (Å²) in [7, 11) is -1.87. The van der Waals surface area contributed by atoms with Gasteiger partial charge in [-0.05, 0) is 19.1 Å². The SMILES string of the molecule is COC1(C)CN(c2ccc(S(C)(=O)=O)cc2[N+](=O)[O-])C1. The molecule has 1 aromatic carbocycles. The molecule has 0 N–H and O–H groups in total. The zero-order valence-electron chi connectivity index (χ0n) is 11.5. The summed E-state index contributed by atoms with van der Waals surface area (Å²) in [6, 6.07) is 3.97. The number of nitro benzene ring substituents is 1. The molecule has 7 nitrogen and oxygen atoms in total. The number of rotatable bonds is 4. The lowest BCUT2D eigenvalue weighted by atomic mass is 9.95. The molecule has 0 saturated carbocycles. The maximum atomic E-state index is 11.5. The maximum absolute atomic E-state index is 11.5. The van der Waals surface area contributed by atoms with Gasteiger partial charge in [0.15, 0.2) is 9.84 Å². The number of anilines is 1. The van der Waals surface area contributed by atoms with Crippen LogP contribution < -0.4 is 4.90 Å². The molecule has 1 aliphatic heterocycles. The van der Waals surface area contributed by atoms with Crippen molar-refractivity contribution in [2.24, 2.45) is 0 Å². The fourth-order valence-corrected chi connectivity index (χ4v) is 2.85. The van der Waals surface area contributed by atoms with Crippen LogP contribution in [0.2, 0.25) is 0 Å². The largest absolute Gasteiger partial charge is 0.375 e. The molecule has 0 radical (unpaired) electrons. The molecule has 1 heterocycles. The van der Waals surface area contributed by atoms with E-state index in [2.05, 4.69) is 0 Å². The minimum Gasteiger partial charge on any atom is -0.375 e. The van der Waals surface area contributed by atoms with Crippen molar-refractivity contribution in [3.05, 3.63) is 28.3 Å². The molecule has 0 amide bonds. The summed E-state index contributed by atoms with van der Waals surface area (Å²) in [6.07, 6.45) is 1.03. The Balaban J connectivity index is 2.38. The van der Waals surface area contributed by atoms with Crippen LogP contribution in [0.1, 0.15) is 6.92 Å². The predicted octanol–water partition coefficient (Wildman–Crippen LogP) is 1.22. The molecule has 1 fully saturated rings. The molecule has 0 bridgehead atoms. The molecule has 1 saturated heterocycles. The van der Waals surface area contributed by atoms with Gasteiger partial charge in [-0.2, -0.15) is 0 Å². The summed E-state index contributed by atoms with van der Waals surface area (Å²) >= 11 is 0. The van der Waals surface area contributed by atoms with E-state index in [0.29, 0.717) is 18.8 Å². The van der Waals surface area contributed by atoms with Gasteiger partial charge in [-0.15, -0.1) is 0 Å². The van der Waals surface area contributed by atoms with E-state index in [9.17, 15) is 18.5 Å². The molecular formula is C12H16N2O5S. The van der Waals surface area contributed by atoms with Crippen molar-refractivity contribution >= 4 is 21.2 Å². The zero-order valence-corrected chi connectivity index (χ0v) is 12.3. The van der Waals surface area contributed by atoms with Gasteiger partial charge in [0.2, 0.25) is 0 Å². The van der Waals surface area contributed by atoms with Crippen LogP contribution >= 0.6 is 0 Å². The molecule has 1 aromatic rings. The molecule has 2 rings (SSSR count). The van der Waals surface area contributed by atoms with Gasteiger partial charge in [-0.1, -0.05) is 0 Å². The molecule has 0 atom stereocenters. The average Bonchev–Trinajstić information content (AvgIpc) is 2.33. The standard InChI is InChI=1S/C12H16N2O5S/c1-12(19-2)7-13(8-12)10-5-4-9(20(3,17)18)6-11(10)14(15)16/h4-6H,7-8H2,1-3H3. The lowest BCUT2D eigenvalue weighted by Crippen LogP contribution is -2.61. The van der Waals surface area contributed by atoms with E-state index in [4.69, 9.17) is 4.74 Å². The highest BCUT2D eigenvalue weighted by atomic mass is 32.2. The lowest BCUT2D eigenvalue weighted by Gasteiger charge is -2.47. The Morgan fingerprint density at radius 1 is 1.40 bits per heavy atom. The molecule has 0 unspecified atom stereocenters. The number of ether oxygens (including phenoxy) is 1. The molecule has 20 heavy (non-hydrogen) atoms. The Morgan fingerprint density at radius 3 is 2.45 bits per heavy atom. The van der Waals surface area contributed by atoms with Gasteiger partial charge < -0.3 is 9.64 Å². The summed E-state index contributed by atoms with van der Waals surface area (Å²) in [5.74, 6) is 0. The van der Waals surface area contributed by atoms with E-state index in [1.54, 1.807) is 12.0 Å². The smallest absolute Gasteiger partial charge is 0.293 e. The highest BCUT2D eigenvalue weighted by Gasteiger charge is 2.41. The molecule has 0 spiro atoms. The van der Waals surface area contributed by atoms with E-state index in [-0.39, 0.29) is 16.2 Å². The Bertz CT molecular complexity index is 650. The first kappa shape index (κ1) is 14.7. The summed E-state index contributed by atoms with van der Waals surface area (Å²) in [5.41, 5.74) is -0.105. The molecule has 8 heteroatoms. The second kappa shape index (κ2) is 4.71. The molecule has 110 valence electrons. The summed E-state index contributed by atoms with van der Waals surface area (Å²) in [6.45, 7) is 2.98. The van der Waals surface area contributed by atoms with Gasteiger partial charge in [0, 0.05) is 32.5 Å². The van der Waals surface area contributed by atoms with E-state index in [0.717, 1.165) is 12.3 Å². The minimum absolute atomic E-state index is 0.0528. The topological polar surface area (TPSA) is 89.8 Å². The summed E-state index contributed by atoms with van der Waals surface area (Å²) < 4.78 is 28.2. The van der Waals surface area contributed by atoms with Gasteiger partial charge in [0.25, 0.3) is 5.69 Å². The summed E-state index contributed by atoms with van der Waals surface area (Å²) in [5, 5.41) is 11.1. The normalized spacial score (nSPS) is 17.6. The Kier molecular flexibility index (Phi) is 3.47. The third-order valence-electron chi connectivity index (χ3n) is 3.46. The Labute approximate surface area is 117 Å². The van der Waals surface area contributed by atoms with Crippen molar-refractivity contribution in [3.63, 3.8) is 0 Å². The van der Waals surface area contributed by atoms with E-state index in [1.807, 2.05) is 6.92 Å². The second-order valence-electron chi connectivity index (χ2n) is 5.19. The predicted molar refractivity (Wildman–Crippen MR) is 73.8 cm³/mol. The van der Waals surface area contributed by atoms with Gasteiger partial charge in [-0.25, -0.2) is 8.42 Å². The van der Waals surface area contributed by atoms with Crippen LogP contribution in [-0.2, 0) is 14.6 Å². The minimum atomic E-state index is -3.47. The highest BCUT2D eigenvalue weighted by Crippen LogP contribution is 2.37. The second-order valence-corrected chi connectivity index (χ2v) is 7.21. The number of nitro groups is 1. The lowest BCUT2D eigenvalue weighted by molar-refractivity contribution is -0.384. The van der Waals surface area contributed by atoms with Crippen molar-refractivity contribution in [2.75, 3.05) is 31.4 Å². The van der Waals surface area contributed by atoms with Crippen molar-refractivity contribution < 1.29 is 18.1 Å². The first-order valence-corrected chi connectivity index (χ1v) is 7.84. The van der Waals surface area contributed by atoms with Gasteiger partial charge in [-0.3, -0.25) is 10.1 Å². The maximum Gasteiger partial charge on any atom is 0.293 e. The monoisotopic (exact) mass is 300 g/mol. The van der Waals surface area contributed by atoms with Gasteiger partial charge >= 0.3 is 0 Å².